The molecule has 1 aromatic carbocycles. The van der Waals surface area contributed by atoms with E-state index < -0.39 is 10.0 Å². The summed E-state index contributed by atoms with van der Waals surface area (Å²) in [6.07, 6.45) is 0. The Kier molecular flexibility index (Phi) is 5.60. The van der Waals surface area contributed by atoms with Gasteiger partial charge in [-0.25, -0.2) is 17.7 Å². The molecule has 2 rings (SSSR count). The molecule has 6 nitrogen and oxygen atoms in total. The molecule has 0 radical (unpaired) electrons. The fraction of sp³-hybridized carbons (Fsp3) is 0.444. The maximum Gasteiger partial charge on any atom is 0.258 e. The van der Waals surface area contributed by atoms with Gasteiger partial charge in [-0.15, -0.1) is 11.3 Å². The smallest absolute Gasteiger partial charge is 0.258 e. The van der Waals surface area contributed by atoms with Gasteiger partial charge in [0.1, 0.15) is 0 Å². The van der Waals surface area contributed by atoms with Crippen molar-refractivity contribution in [1.82, 2.24) is 9.29 Å². The van der Waals surface area contributed by atoms with Crippen LogP contribution < -0.4 is 5.32 Å². The number of anilines is 1. The molecule has 0 aliphatic carbocycles. The highest BCUT2D eigenvalue weighted by molar-refractivity contribution is 7.89. The third-order valence-electron chi connectivity index (χ3n) is 4.77. The molecule has 26 heavy (non-hydrogen) atoms. The molecule has 0 aliphatic rings. The summed E-state index contributed by atoms with van der Waals surface area (Å²) in [6, 6.07) is 0. The fourth-order valence-corrected chi connectivity index (χ4v) is 5.13. The second-order valence-corrected chi connectivity index (χ2v) is 9.90. The molecule has 0 bridgehead atoms. The lowest BCUT2D eigenvalue weighted by Gasteiger charge is -2.22. The number of rotatable bonds is 4. The van der Waals surface area contributed by atoms with Crippen molar-refractivity contribution in [2.75, 3.05) is 19.4 Å². The van der Waals surface area contributed by atoms with Gasteiger partial charge < -0.3 is 0 Å². The molecule has 0 atom stereocenters. The highest BCUT2D eigenvalue weighted by atomic mass is 32.2. The Labute approximate surface area is 159 Å². The van der Waals surface area contributed by atoms with E-state index in [-0.39, 0.29) is 10.8 Å². The van der Waals surface area contributed by atoms with Crippen LogP contribution >= 0.6 is 11.3 Å². The SMILES string of the molecule is Cc1nc(NC(=O)c2c(C)c(C)c(S(=O)(=O)N(C)C)c(C)c2C)sc1C. The minimum atomic E-state index is -3.60. The molecule has 2 aromatic rings. The summed E-state index contributed by atoms with van der Waals surface area (Å²) in [5, 5.41) is 3.39. The largest absolute Gasteiger partial charge is 0.298 e. The van der Waals surface area contributed by atoms with Crippen LogP contribution in [0, 0.1) is 41.5 Å². The van der Waals surface area contributed by atoms with Crippen LogP contribution in [0.2, 0.25) is 0 Å². The van der Waals surface area contributed by atoms with Crippen LogP contribution in [0.3, 0.4) is 0 Å². The maximum absolute atomic E-state index is 12.9. The number of aromatic nitrogens is 1. The summed E-state index contributed by atoms with van der Waals surface area (Å²) in [7, 11) is -0.582. The summed E-state index contributed by atoms with van der Waals surface area (Å²) < 4.78 is 26.6. The summed E-state index contributed by atoms with van der Waals surface area (Å²) in [6.45, 7) is 10.9. The molecule has 0 saturated carbocycles. The number of sulfonamides is 1. The summed E-state index contributed by atoms with van der Waals surface area (Å²) in [5.41, 5.74) is 3.91. The van der Waals surface area contributed by atoms with E-state index in [2.05, 4.69) is 10.3 Å². The predicted octanol–water partition coefficient (Wildman–Crippen LogP) is 3.50. The average Bonchev–Trinajstić information content (AvgIpc) is 2.83. The highest BCUT2D eigenvalue weighted by Gasteiger charge is 2.28. The minimum Gasteiger partial charge on any atom is -0.298 e. The fourth-order valence-electron chi connectivity index (χ4n) is 2.87. The Morgan fingerprint density at radius 2 is 1.46 bits per heavy atom. The zero-order valence-electron chi connectivity index (χ0n) is 16.4. The molecular weight excluding hydrogens is 370 g/mol. The van der Waals surface area contributed by atoms with Gasteiger partial charge >= 0.3 is 0 Å². The number of hydrogen-bond donors (Lipinski definition) is 1. The monoisotopic (exact) mass is 395 g/mol. The number of carbonyl (C=O) groups is 1. The van der Waals surface area contributed by atoms with E-state index in [9.17, 15) is 13.2 Å². The first-order chi connectivity index (χ1) is 11.9. The Balaban J connectivity index is 2.60. The average molecular weight is 396 g/mol. The zero-order valence-corrected chi connectivity index (χ0v) is 18.1. The van der Waals surface area contributed by atoms with Crippen LogP contribution in [0.15, 0.2) is 4.90 Å². The van der Waals surface area contributed by atoms with E-state index in [1.807, 2.05) is 13.8 Å². The third-order valence-corrected chi connectivity index (χ3v) is 7.85. The number of carbonyl (C=O) groups excluding carboxylic acids is 1. The van der Waals surface area contributed by atoms with Gasteiger partial charge in [0.25, 0.3) is 5.91 Å². The predicted molar refractivity (Wildman–Crippen MR) is 106 cm³/mol. The topological polar surface area (TPSA) is 79.4 Å². The summed E-state index contributed by atoms with van der Waals surface area (Å²) >= 11 is 1.42. The van der Waals surface area contributed by atoms with E-state index in [0.29, 0.717) is 32.9 Å². The number of thiazole rings is 1. The van der Waals surface area contributed by atoms with Crippen LogP contribution in [0.5, 0.6) is 0 Å². The zero-order chi connectivity index (χ0) is 20.0. The molecule has 0 fully saturated rings. The number of benzene rings is 1. The van der Waals surface area contributed by atoms with Crippen LogP contribution in [-0.2, 0) is 10.0 Å². The first-order valence-corrected chi connectivity index (χ1v) is 10.4. The molecule has 1 heterocycles. The molecule has 0 aliphatic heterocycles. The number of amides is 1. The van der Waals surface area contributed by atoms with Crippen molar-refractivity contribution in [1.29, 1.82) is 0 Å². The number of hydrogen-bond acceptors (Lipinski definition) is 5. The van der Waals surface area contributed by atoms with Gasteiger partial charge in [-0.3, -0.25) is 10.1 Å². The van der Waals surface area contributed by atoms with Gasteiger partial charge in [-0.1, -0.05) is 0 Å². The van der Waals surface area contributed by atoms with E-state index >= 15 is 0 Å². The van der Waals surface area contributed by atoms with Crippen molar-refractivity contribution in [2.45, 2.75) is 46.4 Å². The first-order valence-electron chi connectivity index (χ1n) is 8.17. The second-order valence-electron chi connectivity index (χ2n) is 6.61. The van der Waals surface area contributed by atoms with Crippen molar-refractivity contribution in [3.63, 3.8) is 0 Å². The molecule has 1 aromatic heterocycles. The number of aryl methyl sites for hydroxylation is 2. The van der Waals surface area contributed by atoms with E-state index in [1.165, 1.54) is 29.7 Å². The molecule has 1 N–H and O–H groups in total. The summed E-state index contributed by atoms with van der Waals surface area (Å²) in [5.74, 6) is -0.270. The molecule has 8 heteroatoms. The quantitative estimate of drug-likeness (QED) is 0.859. The minimum absolute atomic E-state index is 0.270. The van der Waals surface area contributed by atoms with Crippen molar-refractivity contribution in [2.24, 2.45) is 0 Å². The Hall–Kier alpha value is -1.77. The van der Waals surface area contributed by atoms with Crippen LogP contribution in [-0.4, -0.2) is 37.7 Å². The van der Waals surface area contributed by atoms with Gasteiger partial charge in [-0.2, -0.15) is 0 Å². The number of nitrogens with zero attached hydrogens (tertiary/aromatic N) is 2. The van der Waals surface area contributed by atoms with E-state index in [0.717, 1.165) is 10.6 Å². The van der Waals surface area contributed by atoms with Crippen LogP contribution in [0.4, 0.5) is 5.13 Å². The molecular formula is C18H25N3O3S2. The lowest BCUT2D eigenvalue weighted by molar-refractivity contribution is 0.102. The molecule has 0 saturated heterocycles. The highest BCUT2D eigenvalue weighted by Crippen LogP contribution is 2.32. The van der Waals surface area contributed by atoms with Gasteiger partial charge in [0.2, 0.25) is 10.0 Å². The molecule has 1 amide bonds. The number of nitrogens with one attached hydrogen (secondary N) is 1. The van der Waals surface area contributed by atoms with Crippen LogP contribution in [0.25, 0.3) is 0 Å². The normalized spacial score (nSPS) is 11.9. The molecule has 0 unspecified atom stereocenters. The maximum atomic E-state index is 12.9. The van der Waals surface area contributed by atoms with Gasteiger partial charge in [0, 0.05) is 24.5 Å². The van der Waals surface area contributed by atoms with Crippen molar-refractivity contribution >= 4 is 32.4 Å². The van der Waals surface area contributed by atoms with Crippen molar-refractivity contribution in [3.05, 3.63) is 38.4 Å². The van der Waals surface area contributed by atoms with E-state index in [1.54, 1.807) is 27.7 Å². The Morgan fingerprint density at radius 1 is 0.962 bits per heavy atom. The van der Waals surface area contributed by atoms with E-state index in [4.69, 9.17) is 0 Å². The van der Waals surface area contributed by atoms with Gasteiger partial charge in [0.05, 0.1) is 10.6 Å². The Morgan fingerprint density at radius 3 is 1.85 bits per heavy atom. The standard InChI is InChI=1S/C18H25N3O3S2/c1-9-11(3)16(26(23,24)21(7)8)12(4)10(2)15(9)17(22)20-18-19-13(5)14(6)25-18/h1-8H3,(H,19,20,22). The summed E-state index contributed by atoms with van der Waals surface area (Å²) in [4.78, 5) is 18.5. The second kappa shape index (κ2) is 7.09. The van der Waals surface area contributed by atoms with Gasteiger partial charge in [-0.05, 0) is 63.8 Å². The van der Waals surface area contributed by atoms with Crippen molar-refractivity contribution in [3.8, 4) is 0 Å². The lowest BCUT2D eigenvalue weighted by atomic mass is 9.93. The third kappa shape index (κ3) is 3.41. The van der Waals surface area contributed by atoms with Crippen molar-refractivity contribution < 1.29 is 13.2 Å². The first kappa shape index (κ1) is 20.5. The molecule has 0 spiro atoms. The Bertz CT molecular complexity index is 941. The van der Waals surface area contributed by atoms with Crippen LogP contribution in [0.1, 0.15) is 43.2 Å². The molecule has 142 valence electrons. The van der Waals surface area contributed by atoms with Gasteiger partial charge in [0.15, 0.2) is 5.13 Å². The lowest BCUT2D eigenvalue weighted by Crippen LogP contribution is -2.26.